The number of benzene rings is 1. The predicted octanol–water partition coefficient (Wildman–Crippen LogP) is 2.77. The van der Waals surface area contributed by atoms with Crippen LogP contribution in [0.2, 0.25) is 0 Å². The van der Waals surface area contributed by atoms with Crippen LogP contribution >= 0.6 is 0 Å². The lowest BCUT2D eigenvalue weighted by Gasteiger charge is -2.22. The molecule has 0 fully saturated rings. The fourth-order valence-corrected chi connectivity index (χ4v) is 3.82. The summed E-state index contributed by atoms with van der Waals surface area (Å²) in [4.78, 5) is 15.0. The van der Waals surface area contributed by atoms with E-state index in [-0.39, 0.29) is 5.91 Å². The van der Waals surface area contributed by atoms with Crippen molar-refractivity contribution in [2.45, 2.75) is 53.5 Å². The lowest BCUT2D eigenvalue weighted by Crippen LogP contribution is -2.31. The van der Waals surface area contributed by atoms with E-state index in [0.29, 0.717) is 13.0 Å². The van der Waals surface area contributed by atoms with Gasteiger partial charge in [0.05, 0.1) is 0 Å². The van der Waals surface area contributed by atoms with Crippen molar-refractivity contribution in [2.75, 3.05) is 26.2 Å². The third kappa shape index (κ3) is 4.98. The Kier molecular flexibility index (Phi) is 6.83. The van der Waals surface area contributed by atoms with E-state index in [0.717, 1.165) is 61.3 Å². The molecule has 1 atom stereocenters. The normalized spacial score (nSPS) is 15.7. The number of fused-ring (bicyclic) bond motifs is 1. The molecule has 1 N–H and O–H groups in total. The SMILES string of the molecule is CC[C@H](C)CN1CCc2nnc(CCNC(=O)c3ccc(C)cc3C)n2CC1. The van der Waals surface area contributed by atoms with Crippen LogP contribution in [0.4, 0.5) is 0 Å². The second-order valence-corrected chi connectivity index (χ2v) is 8.07. The van der Waals surface area contributed by atoms with Crippen molar-refractivity contribution in [1.29, 1.82) is 0 Å². The molecule has 2 aromatic rings. The summed E-state index contributed by atoms with van der Waals surface area (Å²) in [5, 5.41) is 11.8. The fraction of sp³-hybridized carbons (Fsp3) is 0.591. The third-order valence-corrected chi connectivity index (χ3v) is 5.72. The zero-order valence-corrected chi connectivity index (χ0v) is 17.7. The maximum atomic E-state index is 12.5. The van der Waals surface area contributed by atoms with Gasteiger partial charge in [0.25, 0.3) is 5.91 Å². The maximum absolute atomic E-state index is 12.5. The van der Waals surface area contributed by atoms with Crippen LogP contribution in [0.3, 0.4) is 0 Å². The van der Waals surface area contributed by atoms with Crippen LogP contribution in [-0.4, -0.2) is 51.8 Å². The number of carbonyl (C=O) groups is 1. The number of aromatic nitrogens is 3. The van der Waals surface area contributed by atoms with Crippen LogP contribution in [0.15, 0.2) is 18.2 Å². The van der Waals surface area contributed by atoms with Crippen LogP contribution in [0.25, 0.3) is 0 Å². The molecule has 6 heteroatoms. The lowest BCUT2D eigenvalue weighted by atomic mass is 10.1. The summed E-state index contributed by atoms with van der Waals surface area (Å²) in [7, 11) is 0. The van der Waals surface area contributed by atoms with Gasteiger partial charge < -0.3 is 14.8 Å². The molecule has 0 radical (unpaired) electrons. The topological polar surface area (TPSA) is 63.1 Å². The summed E-state index contributed by atoms with van der Waals surface area (Å²) in [6, 6.07) is 5.92. The quantitative estimate of drug-likeness (QED) is 0.799. The molecular weight excluding hydrogens is 350 g/mol. The molecule has 1 amide bonds. The number of hydrogen-bond donors (Lipinski definition) is 1. The van der Waals surface area contributed by atoms with E-state index in [1.807, 2.05) is 32.0 Å². The molecule has 0 bridgehead atoms. The van der Waals surface area contributed by atoms with Crippen LogP contribution in [0, 0.1) is 19.8 Å². The standard InChI is InChI=1S/C22H33N5O/c1-5-16(2)15-26-11-9-21-25-24-20(27(21)13-12-26)8-10-23-22(28)19-7-6-17(3)14-18(19)4/h6-7,14,16H,5,8-13,15H2,1-4H3,(H,23,28)/t16-/m0/s1. The van der Waals surface area contributed by atoms with Crippen molar-refractivity contribution in [1.82, 2.24) is 25.0 Å². The van der Waals surface area contributed by atoms with Gasteiger partial charge in [0.2, 0.25) is 0 Å². The molecule has 28 heavy (non-hydrogen) atoms. The minimum Gasteiger partial charge on any atom is -0.352 e. The number of nitrogens with zero attached hydrogens (tertiary/aromatic N) is 4. The molecule has 1 aromatic heterocycles. The maximum Gasteiger partial charge on any atom is 0.251 e. The van der Waals surface area contributed by atoms with Gasteiger partial charge in [-0.2, -0.15) is 0 Å². The Labute approximate surface area is 168 Å². The Hall–Kier alpha value is -2.21. The van der Waals surface area contributed by atoms with E-state index >= 15 is 0 Å². The van der Waals surface area contributed by atoms with Gasteiger partial charge in [-0.3, -0.25) is 4.79 Å². The second kappa shape index (κ2) is 9.32. The van der Waals surface area contributed by atoms with Gasteiger partial charge in [0, 0.05) is 51.1 Å². The van der Waals surface area contributed by atoms with Crippen LogP contribution in [0.5, 0.6) is 0 Å². The number of aryl methyl sites for hydroxylation is 2. The summed E-state index contributed by atoms with van der Waals surface area (Å²) in [6.07, 6.45) is 2.86. The van der Waals surface area contributed by atoms with Crippen LogP contribution in [-0.2, 0) is 19.4 Å². The van der Waals surface area contributed by atoms with Gasteiger partial charge in [-0.1, -0.05) is 38.0 Å². The van der Waals surface area contributed by atoms with E-state index in [1.54, 1.807) is 0 Å². The number of nitrogens with one attached hydrogen (secondary N) is 1. The fourth-order valence-electron chi connectivity index (χ4n) is 3.82. The first-order chi connectivity index (χ1) is 13.5. The van der Waals surface area contributed by atoms with Crippen LogP contribution < -0.4 is 5.32 Å². The molecule has 2 heterocycles. The average molecular weight is 384 g/mol. The first-order valence-corrected chi connectivity index (χ1v) is 10.5. The number of amides is 1. The highest BCUT2D eigenvalue weighted by Crippen LogP contribution is 2.13. The number of rotatable bonds is 7. The van der Waals surface area contributed by atoms with Crippen molar-refractivity contribution in [3.05, 3.63) is 46.5 Å². The van der Waals surface area contributed by atoms with E-state index in [1.165, 1.54) is 12.0 Å². The van der Waals surface area contributed by atoms with Gasteiger partial charge in [-0.15, -0.1) is 10.2 Å². The zero-order chi connectivity index (χ0) is 20.1. The number of carbonyl (C=O) groups excluding carboxylic acids is 1. The second-order valence-electron chi connectivity index (χ2n) is 8.07. The van der Waals surface area contributed by atoms with Gasteiger partial charge >= 0.3 is 0 Å². The first-order valence-electron chi connectivity index (χ1n) is 10.5. The summed E-state index contributed by atoms with van der Waals surface area (Å²) in [5.41, 5.74) is 2.92. The van der Waals surface area contributed by atoms with Crippen molar-refractivity contribution >= 4 is 5.91 Å². The Balaban J connectivity index is 1.54. The Morgan fingerprint density at radius 1 is 1.21 bits per heavy atom. The summed E-state index contributed by atoms with van der Waals surface area (Å²) in [5.74, 6) is 2.75. The highest BCUT2D eigenvalue weighted by atomic mass is 16.1. The van der Waals surface area contributed by atoms with E-state index < -0.39 is 0 Å². The first kappa shape index (κ1) is 20.5. The van der Waals surface area contributed by atoms with Crippen molar-refractivity contribution in [3.63, 3.8) is 0 Å². The van der Waals surface area contributed by atoms with Gasteiger partial charge in [-0.25, -0.2) is 0 Å². The molecule has 0 aliphatic carbocycles. The molecule has 0 spiro atoms. The summed E-state index contributed by atoms with van der Waals surface area (Å²) >= 11 is 0. The zero-order valence-electron chi connectivity index (χ0n) is 17.7. The van der Waals surface area contributed by atoms with Crippen molar-refractivity contribution in [2.24, 2.45) is 5.92 Å². The lowest BCUT2D eigenvalue weighted by molar-refractivity contribution is 0.0953. The minimum atomic E-state index is -0.0205. The molecule has 152 valence electrons. The third-order valence-electron chi connectivity index (χ3n) is 5.72. The monoisotopic (exact) mass is 383 g/mol. The predicted molar refractivity (Wildman–Crippen MR) is 112 cm³/mol. The minimum absolute atomic E-state index is 0.0205. The summed E-state index contributed by atoms with van der Waals surface area (Å²) < 4.78 is 2.25. The Morgan fingerprint density at radius 2 is 2.04 bits per heavy atom. The molecule has 0 saturated carbocycles. The van der Waals surface area contributed by atoms with Crippen molar-refractivity contribution < 1.29 is 4.79 Å². The largest absolute Gasteiger partial charge is 0.352 e. The van der Waals surface area contributed by atoms with E-state index in [4.69, 9.17) is 0 Å². The molecule has 0 unspecified atom stereocenters. The average Bonchev–Trinajstić information content (AvgIpc) is 2.94. The Bertz CT molecular complexity index is 813. The Morgan fingerprint density at radius 3 is 2.79 bits per heavy atom. The van der Waals surface area contributed by atoms with Crippen molar-refractivity contribution in [3.8, 4) is 0 Å². The van der Waals surface area contributed by atoms with E-state index in [2.05, 4.69) is 38.8 Å². The molecule has 6 nitrogen and oxygen atoms in total. The highest BCUT2D eigenvalue weighted by Gasteiger charge is 2.19. The van der Waals surface area contributed by atoms with Crippen LogP contribution in [0.1, 0.15) is 53.4 Å². The molecular formula is C22H33N5O. The molecule has 1 aliphatic heterocycles. The molecule has 1 aromatic carbocycles. The van der Waals surface area contributed by atoms with Gasteiger partial charge in [-0.05, 0) is 31.4 Å². The van der Waals surface area contributed by atoms with Gasteiger partial charge in [0.1, 0.15) is 11.6 Å². The smallest absolute Gasteiger partial charge is 0.251 e. The van der Waals surface area contributed by atoms with E-state index in [9.17, 15) is 4.79 Å². The molecule has 0 saturated heterocycles. The van der Waals surface area contributed by atoms with Gasteiger partial charge in [0.15, 0.2) is 0 Å². The summed E-state index contributed by atoms with van der Waals surface area (Å²) in [6.45, 7) is 13.3. The number of hydrogen-bond acceptors (Lipinski definition) is 4. The molecule has 3 rings (SSSR count). The molecule has 1 aliphatic rings. The highest BCUT2D eigenvalue weighted by molar-refractivity contribution is 5.95.